The van der Waals surface area contributed by atoms with E-state index < -0.39 is 0 Å². The average Bonchev–Trinajstić information content (AvgIpc) is 2.09. The van der Waals surface area contributed by atoms with Crippen LogP contribution in [0.15, 0.2) is 12.2 Å². The number of ether oxygens (including phenoxy) is 1. The van der Waals surface area contributed by atoms with E-state index in [1.165, 1.54) is 31.3 Å². The third-order valence-corrected chi connectivity index (χ3v) is 2.19. The van der Waals surface area contributed by atoms with Crippen LogP contribution in [0.1, 0.15) is 39.0 Å². The molecule has 0 aromatic rings. The molecule has 0 radical (unpaired) electrons. The lowest BCUT2D eigenvalue weighted by molar-refractivity contribution is 0.133. The smallest absolute Gasteiger partial charge is 0.0502 e. The molecule has 0 saturated heterocycles. The van der Waals surface area contributed by atoms with Gasteiger partial charge >= 0.3 is 0 Å². The van der Waals surface area contributed by atoms with Crippen LogP contribution >= 0.6 is 12.6 Å². The van der Waals surface area contributed by atoms with Crippen molar-refractivity contribution in [2.45, 2.75) is 39.0 Å². The van der Waals surface area contributed by atoms with E-state index in [9.17, 15) is 0 Å². The van der Waals surface area contributed by atoms with Gasteiger partial charge in [0.25, 0.3) is 0 Å². The monoisotopic (exact) mass is 202 g/mol. The van der Waals surface area contributed by atoms with Gasteiger partial charge in [0.1, 0.15) is 0 Å². The zero-order valence-electron chi connectivity index (χ0n) is 8.72. The van der Waals surface area contributed by atoms with Crippen molar-refractivity contribution in [1.29, 1.82) is 0 Å². The van der Waals surface area contributed by atoms with Crippen LogP contribution in [0.4, 0.5) is 0 Å². The first-order chi connectivity index (χ1) is 6.27. The fraction of sp³-hybridized carbons (Fsp3) is 0.818. The lowest BCUT2D eigenvalue weighted by Gasteiger charge is -2.03. The Morgan fingerprint density at radius 2 is 1.85 bits per heavy atom. The molecule has 0 bridgehead atoms. The number of thiol groups is 1. The molecule has 0 atom stereocenters. The summed E-state index contributed by atoms with van der Waals surface area (Å²) in [6, 6.07) is 0. The topological polar surface area (TPSA) is 9.23 Å². The van der Waals surface area contributed by atoms with Crippen LogP contribution in [-0.2, 0) is 4.74 Å². The Hall–Kier alpha value is 0.0500. The second-order valence-electron chi connectivity index (χ2n) is 3.46. The minimum absolute atomic E-state index is 0.835. The van der Waals surface area contributed by atoms with E-state index in [0.717, 1.165) is 25.4 Å². The summed E-state index contributed by atoms with van der Waals surface area (Å²) in [5.41, 5.74) is 1.20. The largest absolute Gasteiger partial charge is 0.381 e. The van der Waals surface area contributed by atoms with Gasteiger partial charge in [-0.05, 0) is 31.9 Å². The standard InChI is InChI=1S/C11H22OS/c1-11(2)7-9-12-8-5-3-4-6-10-13/h13H,1,3-10H2,2H3. The summed E-state index contributed by atoms with van der Waals surface area (Å²) >= 11 is 4.16. The van der Waals surface area contributed by atoms with E-state index in [1.807, 2.05) is 6.92 Å². The average molecular weight is 202 g/mol. The molecule has 0 rings (SSSR count). The normalized spacial score (nSPS) is 10.3. The van der Waals surface area contributed by atoms with E-state index >= 15 is 0 Å². The summed E-state index contributed by atoms with van der Waals surface area (Å²) in [7, 11) is 0. The molecule has 13 heavy (non-hydrogen) atoms. The molecule has 0 heterocycles. The summed E-state index contributed by atoms with van der Waals surface area (Å²) in [5.74, 6) is 1.01. The van der Waals surface area contributed by atoms with Gasteiger partial charge in [-0.2, -0.15) is 12.6 Å². The lowest BCUT2D eigenvalue weighted by atomic mass is 10.2. The Labute approximate surface area is 88.0 Å². The molecule has 0 aromatic heterocycles. The molecule has 2 heteroatoms. The molecule has 0 spiro atoms. The van der Waals surface area contributed by atoms with Crippen molar-refractivity contribution in [3.8, 4) is 0 Å². The van der Waals surface area contributed by atoms with Gasteiger partial charge in [0.15, 0.2) is 0 Å². The fourth-order valence-corrected chi connectivity index (χ4v) is 1.24. The van der Waals surface area contributed by atoms with E-state index in [4.69, 9.17) is 4.74 Å². The highest BCUT2D eigenvalue weighted by Crippen LogP contribution is 2.02. The molecule has 0 saturated carbocycles. The van der Waals surface area contributed by atoms with Crippen molar-refractivity contribution < 1.29 is 4.74 Å². The summed E-state index contributed by atoms with van der Waals surface area (Å²) < 4.78 is 5.44. The summed E-state index contributed by atoms with van der Waals surface area (Å²) in [6.45, 7) is 7.60. The quantitative estimate of drug-likeness (QED) is 0.342. The van der Waals surface area contributed by atoms with Crippen molar-refractivity contribution >= 4 is 12.6 Å². The third-order valence-electron chi connectivity index (χ3n) is 1.87. The summed E-state index contributed by atoms with van der Waals surface area (Å²) in [6.07, 6.45) is 5.97. The maximum absolute atomic E-state index is 5.44. The molecule has 0 aliphatic heterocycles. The number of unbranched alkanes of at least 4 members (excludes halogenated alkanes) is 3. The van der Waals surface area contributed by atoms with Crippen LogP contribution in [0.5, 0.6) is 0 Å². The molecule has 0 fully saturated rings. The second kappa shape index (κ2) is 10.1. The van der Waals surface area contributed by atoms with Gasteiger partial charge in [0.05, 0.1) is 6.61 Å². The van der Waals surface area contributed by atoms with E-state index in [1.54, 1.807) is 0 Å². The van der Waals surface area contributed by atoms with Gasteiger partial charge in [0.2, 0.25) is 0 Å². The molecule has 78 valence electrons. The SMILES string of the molecule is C=C(C)CCOCCCCCCS. The van der Waals surface area contributed by atoms with Crippen molar-refractivity contribution in [3.63, 3.8) is 0 Å². The first kappa shape index (κ1) is 13.1. The minimum Gasteiger partial charge on any atom is -0.381 e. The Morgan fingerprint density at radius 3 is 2.46 bits per heavy atom. The Morgan fingerprint density at radius 1 is 1.15 bits per heavy atom. The molecule has 0 aliphatic rings. The molecule has 0 unspecified atom stereocenters. The molecule has 1 nitrogen and oxygen atoms in total. The minimum atomic E-state index is 0.835. The van der Waals surface area contributed by atoms with Crippen molar-refractivity contribution in [3.05, 3.63) is 12.2 Å². The lowest BCUT2D eigenvalue weighted by Crippen LogP contribution is -1.97. The molecule has 0 amide bonds. The maximum atomic E-state index is 5.44. The molecule has 0 aliphatic carbocycles. The van der Waals surface area contributed by atoms with E-state index in [-0.39, 0.29) is 0 Å². The Balaban J connectivity index is 2.87. The van der Waals surface area contributed by atoms with Gasteiger partial charge in [-0.3, -0.25) is 0 Å². The molecule has 0 aromatic carbocycles. The van der Waals surface area contributed by atoms with Crippen molar-refractivity contribution in [2.24, 2.45) is 0 Å². The number of rotatable bonds is 9. The predicted molar refractivity (Wildman–Crippen MR) is 62.6 cm³/mol. The zero-order chi connectivity index (χ0) is 9.94. The fourth-order valence-electron chi connectivity index (χ4n) is 1.02. The number of hydrogen-bond acceptors (Lipinski definition) is 2. The van der Waals surface area contributed by atoms with Gasteiger partial charge in [-0.15, -0.1) is 6.58 Å². The Kier molecular flexibility index (Phi) is 10.2. The maximum Gasteiger partial charge on any atom is 0.0502 e. The highest BCUT2D eigenvalue weighted by atomic mass is 32.1. The van der Waals surface area contributed by atoms with Crippen molar-refractivity contribution in [1.82, 2.24) is 0 Å². The molecular formula is C11H22OS. The highest BCUT2D eigenvalue weighted by Gasteiger charge is 1.90. The van der Waals surface area contributed by atoms with Gasteiger partial charge in [0, 0.05) is 6.61 Å². The predicted octanol–water partition coefficient (Wildman–Crippen LogP) is 3.46. The Bertz CT molecular complexity index is 123. The van der Waals surface area contributed by atoms with E-state index in [0.29, 0.717) is 0 Å². The second-order valence-corrected chi connectivity index (χ2v) is 3.90. The highest BCUT2D eigenvalue weighted by molar-refractivity contribution is 7.80. The van der Waals surface area contributed by atoms with Crippen molar-refractivity contribution in [2.75, 3.05) is 19.0 Å². The van der Waals surface area contributed by atoms with Gasteiger partial charge < -0.3 is 4.74 Å². The van der Waals surface area contributed by atoms with Crippen LogP contribution in [0, 0.1) is 0 Å². The zero-order valence-corrected chi connectivity index (χ0v) is 9.61. The van der Waals surface area contributed by atoms with Gasteiger partial charge in [-0.1, -0.05) is 18.4 Å². The third kappa shape index (κ3) is 12.1. The van der Waals surface area contributed by atoms with Crippen LogP contribution < -0.4 is 0 Å². The first-order valence-electron chi connectivity index (χ1n) is 5.10. The van der Waals surface area contributed by atoms with Crippen LogP contribution in [0.25, 0.3) is 0 Å². The molecule has 0 N–H and O–H groups in total. The summed E-state index contributed by atoms with van der Waals surface area (Å²) in [4.78, 5) is 0. The summed E-state index contributed by atoms with van der Waals surface area (Å²) in [5, 5.41) is 0. The first-order valence-corrected chi connectivity index (χ1v) is 5.73. The van der Waals surface area contributed by atoms with E-state index in [2.05, 4.69) is 19.2 Å². The molecular weight excluding hydrogens is 180 g/mol. The van der Waals surface area contributed by atoms with Crippen LogP contribution in [0.3, 0.4) is 0 Å². The van der Waals surface area contributed by atoms with Gasteiger partial charge in [-0.25, -0.2) is 0 Å². The van der Waals surface area contributed by atoms with Crippen LogP contribution in [-0.4, -0.2) is 19.0 Å². The van der Waals surface area contributed by atoms with Crippen LogP contribution in [0.2, 0.25) is 0 Å². The number of hydrogen-bond donors (Lipinski definition) is 1.